The summed E-state index contributed by atoms with van der Waals surface area (Å²) in [6.45, 7) is 8.55. The molecule has 1 saturated heterocycles. The van der Waals surface area contributed by atoms with Gasteiger partial charge in [0.25, 0.3) is 0 Å². The number of nitrogens with one attached hydrogen (secondary N) is 1. The van der Waals surface area contributed by atoms with Gasteiger partial charge in [0.05, 0.1) is 5.92 Å². The summed E-state index contributed by atoms with van der Waals surface area (Å²) in [6.07, 6.45) is 0.682. The smallest absolute Gasteiger partial charge is 0.408 e. The maximum absolute atomic E-state index is 12.2. The van der Waals surface area contributed by atoms with Crippen molar-refractivity contribution in [3.8, 4) is 0 Å². The van der Waals surface area contributed by atoms with Crippen LogP contribution in [0.3, 0.4) is 0 Å². The zero-order valence-electron chi connectivity index (χ0n) is 13.5. The van der Waals surface area contributed by atoms with Crippen molar-refractivity contribution in [2.24, 2.45) is 5.92 Å². The largest absolute Gasteiger partial charge is 0.461 e. The van der Waals surface area contributed by atoms with Crippen molar-refractivity contribution in [2.75, 3.05) is 11.0 Å². The number of alkyl halides is 1. The number of ether oxygens (including phenoxy) is 3. The van der Waals surface area contributed by atoms with Gasteiger partial charge in [-0.2, -0.15) is 0 Å². The minimum Gasteiger partial charge on any atom is -0.461 e. The Morgan fingerprint density at radius 2 is 2.17 bits per heavy atom. The van der Waals surface area contributed by atoms with Crippen LogP contribution in [0.2, 0.25) is 0 Å². The molecule has 0 saturated carbocycles. The number of alkyl carbamates (subject to hydrolysis) is 1. The number of hydrogen-bond acceptors (Lipinski definition) is 6. The second-order valence-corrected chi connectivity index (χ2v) is 6.98. The van der Waals surface area contributed by atoms with Crippen molar-refractivity contribution >= 4 is 40.6 Å². The lowest BCUT2D eigenvalue weighted by Gasteiger charge is -2.24. The van der Waals surface area contributed by atoms with E-state index in [1.165, 1.54) is 6.08 Å². The third-order valence-electron chi connectivity index (χ3n) is 2.95. The SMILES string of the molecule is C=CCOC(=O)[C@H](NC(=O)OC(C)(C)C)[C@@H]1C[C@H](CI)OC1=O. The van der Waals surface area contributed by atoms with Crippen LogP contribution in [0.5, 0.6) is 0 Å². The minimum absolute atomic E-state index is 0.0111. The fourth-order valence-corrected chi connectivity index (χ4v) is 2.57. The highest BCUT2D eigenvalue weighted by molar-refractivity contribution is 14.1. The van der Waals surface area contributed by atoms with Crippen molar-refractivity contribution in [3.63, 3.8) is 0 Å². The van der Waals surface area contributed by atoms with Crippen molar-refractivity contribution in [3.05, 3.63) is 12.7 Å². The number of rotatable bonds is 6. The quantitative estimate of drug-likeness (QED) is 0.224. The summed E-state index contributed by atoms with van der Waals surface area (Å²) < 4.78 is 15.9. The Balaban J connectivity index is 2.85. The first kappa shape index (κ1) is 19.7. The van der Waals surface area contributed by atoms with Crippen LogP contribution >= 0.6 is 22.6 Å². The molecular formula is C15H22INO6. The average Bonchev–Trinajstić information content (AvgIpc) is 2.81. The van der Waals surface area contributed by atoms with Crippen LogP contribution in [0.25, 0.3) is 0 Å². The van der Waals surface area contributed by atoms with Crippen LogP contribution in [-0.2, 0) is 23.8 Å². The molecule has 1 heterocycles. The molecule has 0 spiro atoms. The average molecular weight is 439 g/mol. The van der Waals surface area contributed by atoms with Crippen LogP contribution < -0.4 is 5.32 Å². The molecule has 1 amide bonds. The van der Waals surface area contributed by atoms with Crippen molar-refractivity contribution in [1.82, 2.24) is 5.32 Å². The number of hydrogen-bond donors (Lipinski definition) is 1. The van der Waals surface area contributed by atoms with Gasteiger partial charge in [-0.25, -0.2) is 9.59 Å². The number of halogens is 1. The lowest BCUT2D eigenvalue weighted by molar-refractivity contribution is -0.152. The molecule has 0 aromatic carbocycles. The molecule has 0 unspecified atom stereocenters. The highest BCUT2D eigenvalue weighted by Gasteiger charge is 2.44. The van der Waals surface area contributed by atoms with Crippen LogP contribution in [0.1, 0.15) is 27.2 Å². The molecule has 1 aliphatic rings. The van der Waals surface area contributed by atoms with Crippen LogP contribution in [0.15, 0.2) is 12.7 Å². The van der Waals surface area contributed by atoms with Gasteiger partial charge in [0.2, 0.25) is 0 Å². The van der Waals surface area contributed by atoms with E-state index in [1.807, 2.05) is 0 Å². The molecular weight excluding hydrogens is 417 g/mol. The molecule has 1 N–H and O–H groups in total. The Labute approximate surface area is 149 Å². The van der Waals surface area contributed by atoms with Gasteiger partial charge in [-0.3, -0.25) is 4.79 Å². The molecule has 8 heteroatoms. The topological polar surface area (TPSA) is 90.9 Å². The fraction of sp³-hybridized carbons (Fsp3) is 0.667. The summed E-state index contributed by atoms with van der Waals surface area (Å²) in [4.78, 5) is 36.1. The Hall–Kier alpha value is -1.32. The van der Waals surface area contributed by atoms with Crippen LogP contribution in [-0.4, -0.2) is 46.8 Å². The monoisotopic (exact) mass is 439 g/mol. The summed E-state index contributed by atoms with van der Waals surface area (Å²) >= 11 is 2.10. The van der Waals surface area contributed by atoms with Gasteiger partial charge in [0.15, 0.2) is 0 Å². The number of amides is 1. The third-order valence-corrected chi connectivity index (χ3v) is 3.93. The van der Waals surface area contributed by atoms with Crippen molar-refractivity contribution in [2.45, 2.75) is 44.9 Å². The maximum Gasteiger partial charge on any atom is 0.408 e. The second-order valence-electron chi connectivity index (χ2n) is 6.10. The first-order valence-corrected chi connectivity index (χ1v) is 8.74. The van der Waals surface area contributed by atoms with Crippen molar-refractivity contribution in [1.29, 1.82) is 0 Å². The van der Waals surface area contributed by atoms with Crippen molar-refractivity contribution < 1.29 is 28.6 Å². The van der Waals surface area contributed by atoms with E-state index in [1.54, 1.807) is 20.8 Å². The Morgan fingerprint density at radius 3 is 2.65 bits per heavy atom. The number of cyclic esters (lactones) is 1. The number of esters is 2. The minimum atomic E-state index is -1.15. The molecule has 1 rings (SSSR count). The maximum atomic E-state index is 12.2. The highest BCUT2D eigenvalue weighted by atomic mass is 127. The molecule has 3 atom stereocenters. The van der Waals surface area contributed by atoms with E-state index in [4.69, 9.17) is 14.2 Å². The van der Waals surface area contributed by atoms with Gasteiger partial charge in [-0.15, -0.1) is 0 Å². The van der Waals surface area contributed by atoms with E-state index in [-0.39, 0.29) is 12.7 Å². The first-order chi connectivity index (χ1) is 10.7. The molecule has 0 radical (unpaired) electrons. The summed E-state index contributed by atoms with van der Waals surface area (Å²) in [5.41, 5.74) is -0.722. The standard InChI is InChI=1S/C15H22INO6/c1-5-6-21-13(19)11(17-14(20)23-15(2,3)4)10-7-9(8-16)22-12(10)18/h5,9-11H,1,6-8H2,2-4H3,(H,17,20)/t9-,10+,11-/m1/s1. The normalized spacial score (nSPS) is 22.0. The van der Waals surface area contributed by atoms with E-state index in [2.05, 4.69) is 34.5 Å². The van der Waals surface area contributed by atoms with E-state index in [0.717, 1.165) is 0 Å². The molecule has 0 aromatic heterocycles. The van der Waals surface area contributed by atoms with Gasteiger partial charge >= 0.3 is 18.0 Å². The summed E-state index contributed by atoms with van der Waals surface area (Å²) in [5, 5.41) is 2.43. The molecule has 1 fully saturated rings. The van der Waals surface area contributed by atoms with E-state index in [9.17, 15) is 14.4 Å². The Morgan fingerprint density at radius 1 is 1.52 bits per heavy atom. The predicted molar refractivity (Wildman–Crippen MR) is 91.2 cm³/mol. The van der Waals surface area contributed by atoms with E-state index in [0.29, 0.717) is 10.8 Å². The van der Waals surface area contributed by atoms with E-state index < -0.39 is 35.6 Å². The first-order valence-electron chi connectivity index (χ1n) is 7.21. The third kappa shape index (κ3) is 6.36. The predicted octanol–water partition coefficient (Wildman–Crippen LogP) is 1.98. The Bertz CT molecular complexity index is 473. The molecule has 0 aliphatic carbocycles. The molecule has 0 bridgehead atoms. The van der Waals surface area contributed by atoms with Gasteiger partial charge in [0, 0.05) is 10.8 Å². The lowest BCUT2D eigenvalue weighted by atomic mass is 9.96. The number of carbonyl (C=O) groups excluding carboxylic acids is 3. The molecule has 7 nitrogen and oxygen atoms in total. The summed E-state index contributed by atoms with van der Waals surface area (Å²) in [7, 11) is 0. The highest BCUT2D eigenvalue weighted by Crippen LogP contribution is 2.26. The van der Waals surface area contributed by atoms with Gasteiger partial charge in [0.1, 0.15) is 24.4 Å². The van der Waals surface area contributed by atoms with Crippen LogP contribution in [0, 0.1) is 5.92 Å². The van der Waals surface area contributed by atoms with E-state index >= 15 is 0 Å². The fourth-order valence-electron chi connectivity index (χ4n) is 2.04. The van der Waals surface area contributed by atoms with Gasteiger partial charge in [-0.05, 0) is 20.8 Å². The molecule has 1 aliphatic heterocycles. The van der Waals surface area contributed by atoms with Crippen LogP contribution in [0.4, 0.5) is 4.79 Å². The number of carbonyl (C=O) groups is 3. The summed E-state index contributed by atoms with van der Waals surface area (Å²) in [5.74, 6) is -2.03. The second kappa shape index (κ2) is 8.51. The Kier molecular flexibility index (Phi) is 7.30. The zero-order valence-corrected chi connectivity index (χ0v) is 15.6. The molecule has 130 valence electrons. The molecule has 23 heavy (non-hydrogen) atoms. The zero-order chi connectivity index (χ0) is 17.6. The summed E-state index contributed by atoms with van der Waals surface area (Å²) in [6, 6.07) is -1.15. The van der Waals surface area contributed by atoms with Gasteiger partial charge in [-0.1, -0.05) is 35.2 Å². The molecule has 0 aromatic rings. The lowest BCUT2D eigenvalue weighted by Crippen LogP contribution is -2.49. The van der Waals surface area contributed by atoms with Gasteiger partial charge < -0.3 is 19.5 Å².